The maximum atomic E-state index is 12.6. The predicted octanol–water partition coefficient (Wildman–Crippen LogP) is 2.18. The van der Waals surface area contributed by atoms with Gasteiger partial charge in [-0.25, -0.2) is 17.5 Å². The molecule has 3 aromatic heterocycles. The molecule has 3 aromatic rings. The van der Waals surface area contributed by atoms with Crippen LogP contribution in [0.5, 0.6) is 5.88 Å². The van der Waals surface area contributed by atoms with Gasteiger partial charge < -0.3 is 10.1 Å². The molecule has 1 aliphatic rings. The number of hydrogen-bond donors (Lipinski definition) is 1. The molecule has 11 nitrogen and oxygen atoms in total. The summed E-state index contributed by atoms with van der Waals surface area (Å²) in [5, 5.41) is 10.3. The van der Waals surface area contributed by atoms with Gasteiger partial charge >= 0.3 is 0 Å². The van der Waals surface area contributed by atoms with Gasteiger partial charge in [-0.15, -0.1) is 5.10 Å². The van der Waals surface area contributed by atoms with Crippen LogP contribution in [-0.2, 0) is 16.6 Å². The Kier molecular flexibility index (Phi) is 7.28. The van der Waals surface area contributed by atoms with Crippen molar-refractivity contribution in [1.29, 1.82) is 0 Å². The van der Waals surface area contributed by atoms with E-state index in [2.05, 4.69) is 30.5 Å². The molecule has 1 aliphatic carbocycles. The molecule has 0 aromatic carbocycles. The third-order valence-corrected chi connectivity index (χ3v) is 8.92. The summed E-state index contributed by atoms with van der Waals surface area (Å²) in [4.78, 5) is 25.3. The molecule has 3 heterocycles. The van der Waals surface area contributed by atoms with Crippen molar-refractivity contribution >= 4 is 30.5 Å². The van der Waals surface area contributed by atoms with Crippen LogP contribution < -0.4 is 14.1 Å². The molecule has 0 saturated heterocycles. The van der Waals surface area contributed by atoms with Crippen LogP contribution in [0, 0.1) is 0 Å². The fourth-order valence-electron chi connectivity index (χ4n) is 3.13. The molecule has 178 valence electrons. The highest BCUT2D eigenvalue weighted by molar-refractivity contribution is 7.98. The number of pyridine rings is 1. The Morgan fingerprint density at radius 3 is 2.74 bits per heavy atom. The van der Waals surface area contributed by atoms with Gasteiger partial charge in [-0.3, -0.25) is 14.8 Å². The highest BCUT2D eigenvalue weighted by atomic mass is 32.2. The van der Waals surface area contributed by atoms with E-state index in [1.54, 1.807) is 37.3 Å². The summed E-state index contributed by atoms with van der Waals surface area (Å²) < 4.78 is 31.9. The van der Waals surface area contributed by atoms with Crippen molar-refractivity contribution in [2.75, 3.05) is 17.3 Å². The van der Waals surface area contributed by atoms with Crippen molar-refractivity contribution < 1.29 is 17.9 Å². The number of rotatable bonds is 10. The number of carbonyl (C=O) groups excluding carboxylic acids is 1. The highest BCUT2D eigenvalue weighted by Gasteiger charge is 2.40. The normalized spacial score (nSPS) is 13.7. The van der Waals surface area contributed by atoms with Gasteiger partial charge in [0.25, 0.3) is 5.91 Å². The Balaban J connectivity index is 1.41. The molecule has 1 amide bonds. The van der Waals surface area contributed by atoms with E-state index in [1.807, 2.05) is 6.92 Å². The summed E-state index contributed by atoms with van der Waals surface area (Å²) in [6.45, 7) is 4.28. The molecule has 0 bridgehead atoms. The van der Waals surface area contributed by atoms with Gasteiger partial charge in [0, 0.05) is 18.3 Å². The predicted molar refractivity (Wildman–Crippen MR) is 128 cm³/mol. The number of nitrogens with one attached hydrogen (secondary N) is 1. The lowest BCUT2D eigenvalue weighted by Gasteiger charge is -2.21. The summed E-state index contributed by atoms with van der Waals surface area (Å²) in [7, 11) is -3.43. The Hall–Kier alpha value is -3.24. The lowest BCUT2D eigenvalue weighted by Crippen LogP contribution is -2.28. The molecular weight excluding hydrogens is 477 g/mol. The second kappa shape index (κ2) is 10.4. The van der Waals surface area contributed by atoms with Crippen molar-refractivity contribution in [3.05, 3.63) is 54.2 Å². The van der Waals surface area contributed by atoms with Gasteiger partial charge in [0.15, 0.2) is 5.82 Å². The van der Waals surface area contributed by atoms with Crippen LogP contribution >= 0.6 is 8.73 Å². The largest absolute Gasteiger partial charge is 0.477 e. The van der Waals surface area contributed by atoms with Gasteiger partial charge in [0.05, 0.1) is 36.1 Å². The SMILES string of the molecule is CCOc1cncc(-c2ccc(C(=O)NCc3cnnc(N(PC)S(=O)(=O)C4CC4)c3)nc2)n1. The van der Waals surface area contributed by atoms with Crippen LogP contribution in [0.15, 0.2) is 43.0 Å². The Bertz CT molecular complexity index is 1270. The summed E-state index contributed by atoms with van der Waals surface area (Å²) in [6, 6.07) is 4.96. The van der Waals surface area contributed by atoms with E-state index < -0.39 is 10.0 Å². The maximum absolute atomic E-state index is 12.6. The number of amides is 1. The van der Waals surface area contributed by atoms with Crippen LogP contribution in [0.2, 0.25) is 0 Å². The van der Waals surface area contributed by atoms with Gasteiger partial charge in [0.1, 0.15) is 5.69 Å². The first-order valence-corrected chi connectivity index (χ1v) is 13.6. The highest BCUT2D eigenvalue weighted by Crippen LogP contribution is 2.37. The van der Waals surface area contributed by atoms with Crippen molar-refractivity contribution in [3.8, 4) is 17.1 Å². The van der Waals surface area contributed by atoms with Crippen LogP contribution in [0.3, 0.4) is 0 Å². The van der Waals surface area contributed by atoms with E-state index in [4.69, 9.17) is 4.74 Å². The smallest absolute Gasteiger partial charge is 0.270 e. The second-order valence-electron chi connectivity index (χ2n) is 7.44. The zero-order valence-electron chi connectivity index (χ0n) is 18.7. The van der Waals surface area contributed by atoms with E-state index in [1.165, 1.54) is 16.5 Å². The fourth-order valence-corrected chi connectivity index (χ4v) is 6.32. The number of anilines is 1. The van der Waals surface area contributed by atoms with Crippen LogP contribution in [-0.4, -0.2) is 58.0 Å². The summed E-state index contributed by atoms with van der Waals surface area (Å²) in [5.74, 6) is 0.301. The Morgan fingerprint density at radius 2 is 2.06 bits per heavy atom. The number of aromatic nitrogens is 5. The van der Waals surface area contributed by atoms with E-state index in [0.29, 0.717) is 42.1 Å². The zero-order valence-corrected chi connectivity index (χ0v) is 20.5. The quantitative estimate of drug-likeness (QED) is 0.414. The second-order valence-corrected chi connectivity index (χ2v) is 10.7. The summed E-state index contributed by atoms with van der Waals surface area (Å²) in [6.07, 6.45) is 7.50. The molecule has 1 fully saturated rings. The zero-order chi connectivity index (χ0) is 24.1. The van der Waals surface area contributed by atoms with Crippen molar-refractivity contribution in [2.24, 2.45) is 0 Å². The molecular formula is C21H24N7O4PS. The number of hydrogen-bond acceptors (Lipinski definition) is 9. The first kappa shape index (κ1) is 23.9. The molecule has 0 aliphatic heterocycles. The van der Waals surface area contributed by atoms with E-state index in [9.17, 15) is 13.2 Å². The van der Waals surface area contributed by atoms with Crippen LogP contribution in [0.4, 0.5) is 5.82 Å². The lowest BCUT2D eigenvalue weighted by atomic mass is 10.2. The third-order valence-electron chi connectivity index (χ3n) is 4.96. The molecule has 0 radical (unpaired) electrons. The topological polar surface area (TPSA) is 140 Å². The number of ether oxygens (including phenoxy) is 1. The van der Waals surface area contributed by atoms with Gasteiger partial charge in [0.2, 0.25) is 15.9 Å². The van der Waals surface area contributed by atoms with E-state index in [-0.39, 0.29) is 37.9 Å². The molecule has 13 heteroatoms. The summed E-state index contributed by atoms with van der Waals surface area (Å²) in [5.41, 5.74) is 2.15. The van der Waals surface area contributed by atoms with Crippen molar-refractivity contribution in [3.63, 3.8) is 0 Å². The molecule has 4 rings (SSSR count). The third kappa shape index (κ3) is 5.45. The molecule has 34 heavy (non-hydrogen) atoms. The first-order valence-electron chi connectivity index (χ1n) is 10.6. The van der Waals surface area contributed by atoms with Gasteiger partial charge in [-0.2, -0.15) is 5.10 Å². The minimum Gasteiger partial charge on any atom is -0.477 e. The molecule has 1 N–H and O–H groups in total. The van der Waals surface area contributed by atoms with Crippen molar-refractivity contribution in [2.45, 2.75) is 31.6 Å². The number of carbonyl (C=O) groups is 1. The molecule has 1 unspecified atom stereocenters. The average Bonchev–Trinajstić information content (AvgIpc) is 3.70. The van der Waals surface area contributed by atoms with E-state index in [0.717, 1.165) is 0 Å². The van der Waals surface area contributed by atoms with Crippen LogP contribution in [0.25, 0.3) is 11.3 Å². The fraction of sp³-hybridized carbons (Fsp3) is 0.333. The van der Waals surface area contributed by atoms with Crippen LogP contribution in [0.1, 0.15) is 35.8 Å². The summed E-state index contributed by atoms with van der Waals surface area (Å²) >= 11 is 0. The van der Waals surface area contributed by atoms with Gasteiger partial charge in [-0.05, 0) is 58.9 Å². The number of sulfonamides is 1. The molecule has 0 spiro atoms. The minimum atomic E-state index is -3.43. The minimum absolute atomic E-state index is 0.00462. The average molecular weight is 502 g/mol. The monoisotopic (exact) mass is 501 g/mol. The molecule has 1 atom stereocenters. The lowest BCUT2D eigenvalue weighted by molar-refractivity contribution is 0.0946. The van der Waals surface area contributed by atoms with Gasteiger partial charge in [-0.1, -0.05) is 0 Å². The Labute approximate surface area is 199 Å². The molecule has 1 saturated carbocycles. The van der Waals surface area contributed by atoms with Crippen molar-refractivity contribution in [1.82, 2.24) is 30.5 Å². The Morgan fingerprint density at radius 1 is 1.24 bits per heavy atom. The van der Waals surface area contributed by atoms with E-state index >= 15 is 0 Å². The maximum Gasteiger partial charge on any atom is 0.270 e. The standard InChI is InChI=1S/C21H24N7O4PS/c1-3-32-20-13-22-12-18(26-20)15-4-7-17(23-11-15)21(29)24-9-14-8-19(27-25-10-14)28(33-2)34(30,31)16-5-6-16/h4,7-8,10-13,16,33H,3,5-6,9H2,1-2H3,(H,24,29). The number of nitrogens with zero attached hydrogens (tertiary/aromatic N) is 6. The first-order chi connectivity index (χ1) is 16.4.